The van der Waals surface area contributed by atoms with Crippen LogP contribution in [0.15, 0.2) is 42.5 Å². The van der Waals surface area contributed by atoms with Gasteiger partial charge in [0.1, 0.15) is 17.9 Å². The lowest BCUT2D eigenvalue weighted by Gasteiger charge is -2.35. The molecule has 3 unspecified atom stereocenters. The van der Waals surface area contributed by atoms with E-state index >= 15 is 0 Å². The SMILES string of the molecule is COc1cc2nc(N3CCNCC3C(C)=O)nc(NC(=O)C3CCCN3C(=O)C(C)CSC(=O)c3ccccc3)c2cc1OC. The van der Waals surface area contributed by atoms with Crippen molar-refractivity contribution in [2.75, 3.05) is 56.4 Å². The standard InChI is InChI=1S/C32H38N6O6S/c1-19(18-45-31(42)21-9-6-5-7-10-21)30(41)37-13-8-11-24(37)29(40)35-28-22-15-26(43-3)27(44-4)16-23(22)34-32(36-28)38-14-12-33-17-25(38)20(2)39/h5-7,9-10,15-16,19,24-25,33H,8,11-14,17-18H2,1-4H3,(H,34,35,36,40). The first-order valence-corrected chi connectivity index (χ1v) is 16.0. The van der Waals surface area contributed by atoms with Gasteiger partial charge in [0, 0.05) is 54.9 Å². The van der Waals surface area contributed by atoms with Crippen LogP contribution in [-0.2, 0) is 14.4 Å². The molecule has 2 aliphatic heterocycles. The predicted octanol–water partition coefficient (Wildman–Crippen LogP) is 3.15. The normalized spacial score (nSPS) is 18.8. The molecule has 238 valence electrons. The molecule has 2 fully saturated rings. The molecule has 0 aliphatic carbocycles. The lowest BCUT2D eigenvalue weighted by atomic mass is 10.1. The Morgan fingerprint density at radius 3 is 2.49 bits per heavy atom. The summed E-state index contributed by atoms with van der Waals surface area (Å²) in [6, 6.07) is 11.2. The van der Waals surface area contributed by atoms with Crippen molar-refractivity contribution in [2.24, 2.45) is 5.92 Å². The summed E-state index contributed by atoms with van der Waals surface area (Å²) >= 11 is 1.10. The van der Waals surface area contributed by atoms with Crippen LogP contribution in [0.25, 0.3) is 10.9 Å². The maximum Gasteiger partial charge on any atom is 0.248 e. The number of benzene rings is 2. The Bertz CT molecular complexity index is 1590. The zero-order chi connectivity index (χ0) is 32.1. The summed E-state index contributed by atoms with van der Waals surface area (Å²) in [5.74, 6) is 0.724. The topological polar surface area (TPSA) is 143 Å². The Labute approximate surface area is 266 Å². The third-order valence-electron chi connectivity index (χ3n) is 8.13. The van der Waals surface area contributed by atoms with Gasteiger partial charge in [0.2, 0.25) is 22.9 Å². The fourth-order valence-electron chi connectivity index (χ4n) is 5.69. The smallest absolute Gasteiger partial charge is 0.248 e. The van der Waals surface area contributed by atoms with Gasteiger partial charge in [-0.3, -0.25) is 19.2 Å². The van der Waals surface area contributed by atoms with Crippen molar-refractivity contribution in [3.8, 4) is 11.5 Å². The molecule has 3 aromatic rings. The molecule has 2 saturated heterocycles. The van der Waals surface area contributed by atoms with Gasteiger partial charge in [-0.25, -0.2) is 4.98 Å². The number of nitrogens with one attached hydrogen (secondary N) is 2. The second kappa shape index (κ2) is 14.2. The Hall–Kier alpha value is -4.23. The summed E-state index contributed by atoms with van der Waals surface area (Å²) in [7, 11) is 3.05. The molecule has 0 spiro atoms. The first-order valence-electron chi connectivity index (χ1n) is 15.0. The molecule has 0 saturated carbocycles. The van der Waals surface area contributed by atoms with Gasteiger partial charge in [0.25, 0.3) is 0 Å². The van der Waals surface area contributed by atoms with E-state index in [1.54, 1.807) is 48.2 Å². The molecule has 2 amide bonds. The van der Waals surface area contributed by atoms with Gasteiger partial charge in [-0.2, -0.15) is 4.98 Å². The monoisotopic (exact) mass is 634 g/mol. The second-order valence-corrected chi connectivity index (χ2v) is 12.2. The van der Waals surface area contributed by atoms with E-state index in [0.717, 1.165) is 11.8 Å². The number of aromatic nitrogens is 2. The summed E-state index contributed by atoms with van der Waals surface area (Å²) in [4.78, 5) is 65.3. The maximum absolute atomic E-state index is 13.8. The summed E-state index contributed by atoms with van der Waals surface area (Å²) in [5.41, 5.74) is 1.09. The first kappa shape index (κ1) is 32.2. The van der Waals surface area contributed by atoms with Gasteiger partial charge < -0.3 is 29.9 Å². The average molecular weight is 635 g/mol. The number of ketones is 1. The fourth-order valence-corrected chi connectivity index (χ4v) is 6.54. The van der Waals surface area contributed by atoms with Crippen LogP contribution in [0.5, 0.6) is 11.5 Å². The van der Waals surface area contributed by atoms with Crippen molar-refractivity contribution in [2.45, 2.75) is 38.8 Å². The molecule has 3 heterocycles. The van der Waals surface area contributed by atoms with Crippen LogP contribution in [0.4, 0.5) is 11.8 Å². The van der Waals surface area contributed by atoms with E-state index in [1.165, 1.54) is 21.1 Å². The summed E-state index contributed by atoms with van der Waals surface area (Å²) in [5, 5.41) is 6.63. The highest BCUT2D eigenvalue weighted by Crippen LogP contribution is 2.36. The number of ether oxygens (including phenoxy) is 2. The molecule has 2 N–H and O–H groups in total. The van der Waals surface area contributed by atoms with Gasteiger partial charge in [0.15, 0.2) is 17.3 Å². The van der Waals surface area contributed by atoms with Crippen LogP contribution in [0.3, 0.4) is 0 Å². The Morgan fingerprint density at radius 2 is 1.78 bits per heavy atom. The predicted molar refractivity (Wildman–Crippen MR) is 173 cm³/mol. The number of methoxy groups -OCH3 is 2. The molecule has 5 rings (SSSR count). The highest BCUT2D eigenvalue weighted by molar-refractivity contribution is 8.14. The van der Waals surface area contributed by atoms with Crippen molar-refractivity contribution >= 4 is 57.1 Å². The number of anilines is 2. The number of fused-ring (bicyclic) bond motifs is 1. The van der Waals surface area contributed by atoms with E-state index in [0.29, 0.717) is 78.7 Å². The first-order chi connectivity index (χ1) is 21.7. The number of nitrogens with zero attached hydrogens (tertiary/aromatic N) is 4. The van der Waals surface area contributed by atoms with Crippen molar-refractivity contribution in [3.63, 3.8) is 0 Å². The number of amides is 2. The van der Waals surface area contributed by atoms with Crippen LogP contribution < -0.4 is 25.0 Å². The van der Waals surface area contributed by atoms with Crippen molar-refractivity contribution in [1.29, 1.82) is 0 Å². The number of hydrogen-bond donors (Lipinski definition) is 2. The molecular weight excluding hydrogens is 596 g/mol. The quantitative estimate of drug-likeness (QED) is 0.340. The number of Topliss-reactive ketones (excluding diaryl/α,β-unsaturated/α-hetero) is 1. The molecule has 13 heteroatoms. The number of piperazine rings is 1. The van der Waals surface area contributed by atoms with E-state index in [2.05, 4.69) is 10.6 Å². The van der Waals surface area contributed by atoms with Crippen LogP contribution in [0.1, 0.15) is 37.0 Å². The number of rotatable bonds is 10. The molecule has 0 bridgehead atoms. The summed E-state index contributed by atoms with van der Waals surface area (Å²) < 4.78 is 11.0. The Balaban J connectivity index is 1.39. The van der Waals surface area contributed by atoms with E-state index in [1.807, 2.05) is 11.0 Å². The molecule has 45 heavy (non-hydrogen) atoms. The second-order valence-electron chi connectivity index (χ2n) is 11.2. The molecule has 3 atom stereocenters. The number of carbonyl (C=O) groups is 4. The van der Waals surface area contributed by atoms with Crippen LogP contribution >= 0.6 is 11.8 Å². The van der Waals surface area contributed by atoms with Gasteiger partial charge in [-0.1, -0.05) is 49.0 Å². The lowest BCUT2D eigenvalue weighted by Crippen LogP contribution is -2.55. The molecule has 2 aliphatic rings. The minimum atomic E-state index is -0.701. The van der Waals surface area contributed by atoms with Crippen LogP contribution in [0, 0.1) is 5.92 Å². The zero-order valence-electron chi connectivity index (χ0n) is 25.9. The largest absolute Gasteiger partial charge is 0.493 e. The van der Waals surface area contributed by atoms with E-state index in [4.69, 9.17) is 19.4 Å². The third kappa shape index (κ3) is 7.04. The van der Waals surface area contributed by atoms with Crippen LogP contribution in [0.2, 0.25) is 0 Å². The molecule has 12 nitrogen and oxygen atoms in total. The molecular formula is C32H38N6O6S. The highest BCUT2D eigenvalue weighted by atomic mass is 32.2. The number of hydrogen-bond acceptors (Lipinski definition) is 11. The zero-order valence-corrected chi connectivity index (χ0v) is 26.7. The fraction of sp³-hybridized carbons (Fsp3) is 0.438. The third-order valence-corrected chi connectivity index (χ3v) is 9.30. The van der Waals surface area contributed by atoms with Gasteiger partial charge in [-0.15, -0.1) is 0 Å². The molecule has 1 aromatic heterocycles. The maximum atomic E-state index is 13.8. The number of thioether (sulfide) groups is 1. The van der Waals surface area contributed by atoms with E-state index in [9.17, 15) is 19.2 Å². The van der Waals surface area contributed by atoms with Crippen molar-refractivity contribution < 1.29 is 28.7 Å². The highest BCUT2D eigenvalue weighted by Gasteiger charge is 2.37. The summed E-state index contributed by atoms with van der Waals surface area (Å²) in [6.45, 7) is 5.36. The minimum Gasteiger partial charge on any atom is -0.493 e. The van der Waals surface area contributed by atoms with Crippen molar-refractivity contribution in [3.05, 3.63) is 48.0 Å². The molecule has 0 radical (unpaired) electrons. The van der Waals surface area contributed by atoms with Gasteiger partial charge >= 0.3 is 0 Å². The summed E-state index contributed by atoms with van der Waals surface area (Å²) in [6.07, 6.45) is 1.17. The Kier molecular flexibility index (Phi) is 10.2. The molecule has 2 aromatic carbocycles. The van der Waals surface area contributed by atoms with Gasteiger partial charge in [0.05, 0.1) is 19.7 Å². The number of carbonyl (C=O) groups excluding carboxylic acids is 4. The average Bonchev–Trinajstić information content (AvgIpc) is 3.56. The van der Waals surface area contributed by atoms with Crippen LogP contribution in [-0.4, -0.2) is 95.8 Å². The van der Waals surface area contributed by atoms with Crippen molar-refractivity contribution in [1.82, 2.24) is 20.2 Å². The van der Waals surface area contributed by atoms with E-state index < -0.39 is 18.0 Å². The lowest BCUT2D eigenvalue weighted by molar-refractivity contribution is -0.139. The van der Waals surface area contributed by atoms with Gasteiger partial charge in [-0.05, 0) is 25.8 Å². The Morgan fingerprint density at radius 1 is 1.04 bits per heavy atom. The van der Waals surface area contributed by atoms with E-state index in [-0.39, 0.29) is 28.5 Å². The number of likely N-dealkylation sites (tertiary alicyclic amines) is 1. The minimum absolute atomic E-state index is 0.0262.